The molecule has 2 heterocycles. The number of amides is 1. The van der Waals surface area contributed by atoms with E-state index >= 15 is 0 Å². The SMILES string of the molecule is CC(CN)C(=O)NCc1ccc(-c2nc3ccccc3s2)o1. The molecule has 0 saturated carbocycles. The van der Waals surface area contributed by atoms with Crippen molar-refractivity contribution in [2.24, 2.45) is 11.7 Å². The molecule has 0 saturated heterocycles. The summed E-state index contributed by atoms with van der Waals surface area (Å²) in [7, 11) is 0. The molecule has 0 radical (unpaired) electrons. The molecule has 2 aromatic heterocycles. The molecular formula is C16H17N3O2S. The van der Waals surface area contributed by atoms with E-state index in [4.69, 9.17) is 10.2 Å². The Kier molecular flexibility index (Phi) is 4.22. The number of fused-ring (bicyclic) bond motifs is 1. The Morgan fingerprint density at radius 1 is 1.36 bits per heavy atom. The van der Waals surface area contributed by atoms with Crippen molar-refractivity contribution in [3.05, 3.63) is 42.2 Å². The van der Waals surface area contributed by atoms with Gasteiger partial charge in [0.15, 0.2) is 10.8 Å². The van der Waals surface area contributed by atoms with Crippen molar-refractivity contribution < 1.29 is 9.21 Å². The summed E-state index contributed by atoms with van der Waals surface area (Å²) >= 11 is 1.59. The van der Waals surface area contributed by atoms with Gasteiger partial charge in [0.25, 0.3) is 0 Å². The molecule has 0 aliphatic rings. The van der Waals surface area contributed by atoms with Crippen LogP contribution >= 0.6 is 11.3 Å². The number of hydrogen-bond donors (Lipinski definition) is 2. The van der Waals surface area contributed by atoms with Crippen molar-refractivity contribution in [1.82, 2.24) is 10.3 Å². The lowest BCUT2D eigenvalue weighted by molar-refractivity contribution is -0.124. The number of furan rings is 1. The largest absolute Gasteiger partial charge is 0.457 e. The molecule has 114 valence electrons. The molecule has 5 nitrogen and oxygen atoms in total. The van der Waals surface area contributed by atoms with Crippen LogP contribution in [0.25, 0.3) is 21.0 Å². The van der Waals surface area contributed by atoms with Crippen molar-refractivity contribution in [2.75, 3.05) is 6.54 Å². The minimum Gasteiger partial charge on any atom is -0.457 e. The maximum atomic E-state index is 11.7. The molecule has 6 heteroatoms. The van der Waals surface area contributed by atoms with Crippen LogP contribution in [0.5, 0.6) is 0 Å². The molecule has 3 aromatic rings. The molecule has 0 aliphatic heterocycles. The quantitative estimate of drug-likeness (QED) is 0.758. The lowest BCUT2D eigenvalue weighted by Gasteiger charge is -2.08. The Bertz CT molecular complexity index is 760. The first kappa shape index (κ1) is 14.7. The summed E-state index contributed by atoms with van der Waals surface area (Å²) in [6.45, 7) is 2.49. The number of nitrogens with one attached hydrogen (secondary N) is 1. The maximum Gasteiger partial charge on any atom is 0.224 e. The highest BCUT2D eigenvalue weighted by molar-refractivity contribution is 7.21. The van der Waals surface area contributed by atoms with Gasteiger partial charge in [-0.3, -0.25) is 4.79 Å². The van der Waals surface area contributed by atoms with Crippen molar-refractivity contribution in [3.63, 3.8) is 0 Å². The lowest BCUT2D eigenvalue weighted by atomic mass is 10.2. The molecule has 0 bridgehead atoms. The smallest absolute Gasteiger partial charge is 0.224 e. The van der Waals surface area contributed by atoms with Crippen molar-refractivity contribution in [3.8, 4) is 10.8 Å². The molecule has 0 spiro atoms. The summed E-state index contributed by atoms with van der Waals surface area (Å²) in [6.07, 6.45) is 0. The summed E-state index contributed by atoms with van der Waals surface area (Å²) in [6, 6.07) is 11.7. The molecule has 22 heavy (non-hydrogen) atoms. The molecule has 1 aromatic carbocycles. The van der Waals surface area contributed by atoms with Crippen LogP contribution in [-0.4, -0.2) is 17.4 Å². The summed E-state index contributed by atoms with van der Waals surface area (Å²) in [5.74, 6) is 1.16. The number of hydrogen-bond acceptors (Lipinski definition) is 5. The van der Waals surface area contributed by atoms with E-state index in [0.717, 1.165) is 21.0 Å². The number of thiazole rings is 1. The molecular weight excluding hydrogens is 298 g/mol. The third-order valence-electron chi connectivity index (χ3n) is 3.40. The average molecular weight is 315 g/mol. The predicted octanol–water partition coefficient (Wildman–Crippen LogP) is 2.77. The molecule has 1 atom stereocenters. The monoisotopic (exact) mass is 315 g/mol. The van der Waals surface area contributed by atoms with Gasteiger partial charge in [0.05, 0.1) is 16.8 Å². The van der Waals surface area contributed by atoms with E-state index in [1.165, 1.54) is 0 Å². The van der Waals surface area contributed by atoms with Crippen LogP contribution in [0.2, 0.25) is 0 Å². The highest BCUT2D eigenvalue weighted by Crippen LogP contribution is 2.31. The van der Waals surface area contributed by atoms with E-state index in [2.05, 4.69) is 10.3 Å². The second-order valence-corrected chi connectivity index (χ2v) is 6.14. The van der Waals surface area contributed by atoms with Gasteiger partial charge < -0.3 is 15.5 Å². The average Bonchev–Trinajstić information content (AvgIpc) is 3.17. The topological polar surface area (TPSA) is 81.2 Å². The fraction of sp³-hybridized carbons (Fsp3) is 0.250. The van der Waals surface area contributed by atoms with Gasteiger partial charge in [-0.15, -0.1) is 11.3 Å². The Labute approximate surface area is 132 Å². The summed E-state index contributed by atoms with van der Waals surface area (Å²) in [4.78, 5) is 16.3. The summed E-state index contributed by atoms with van der Waals surface area (Å²) in [5.41, 5.74) is 6.43. The van der Waals surface area contributed by atoms with Gasteiger partial charge in [0, 0.05) is 12.5 Å². The van der Waals surface area contributed by atoms with Crippen molar-refractivity contribution in [2.45, 2.75) is 13.5 Å². The van der Waals surface area contributed by atoms with Crippen molar-refractivity contribution >= 4 is 27.5 Å². The van der Waals surface area contributed by atoms with Crippen LogP contribution in [0.1, 0.15) is 12.7 Å². The second kappa shape index (κ2) is 6.29. The van der Waals surface area contributed by atoms with E-state index < -0.39 is 0 Å². The lowest BCUT2D eigenvalue weighted by Crippen LogP contribution is -2.32. The highest BCUT2D eigenvalue weighted by atomic mass is 32.1. The molecule has 3 rings (SSSR count). The Morgan fingerprint density at radius 2 is 2.18 bits per heavy atom. The van der Waals surface area contributed by atoms with Crippen LogP contribution in [0.15, 0.2) is 40.8 Å². The van der Waals surface area contributed by atoms with E-state index in [-0.39, 0.29) is 11.8 Å². The first-order chi connectivity index (χ1) is 10.7. The number of carbonyl (C=O) groups excluding carboxylic acids is 1. The van der Waals surface area contributed by atoms with E-state index in [9.17, 15) is 4.79 Å². The maximum absolute atomic E-state index is 11.7. The Hall–Kier alpha value is -2.18. The van der Waals surface area contributed by atoms with E-state index in [0.29, 0.717) is 18.8 Å². The predicted molar refractivity (Wildman–Crippen MR) is 87.4 cm³/mol. The van der Waals surface area contributed by atoms with Crippen LogP contribution in [0.4, 0.5) is 0 Å². The van der Waals surface area contributed by atoms with Crippen molar-refractivity contribution in [1.29, 1.82) is 0 Å². The number of para-hydroxylation sites is 1. The number of rotatable bonds is 5. The first-order valence-corrected chi connectivity index (χ1v) is 7.91. The number of nitrogens with two attached hydrogens (primary N) is 1. The molecule has 1 amide bonds. The van der Waals surface area contributed by atoms with Gasteiger partial charge in [0.1, 0.15) is 5.76 Å². The molecule has 1 unspecified atom stereocenters. The van der Waals surface area contributed by atoms with E-state index in [1.54, 1.807) is 18.3 Å². The zero-order valence-electron chi connectivity index (χ0n) is 12.2. The molecule has 0 aliphatic carbocycles. The Balaban J connectivity index is 1.72. The van der Waals surface area contributed by atoms with Gasteiger partial charge in [-0.05, 0) is 24.3 Å². The highest BCUT2D eigenvalue weighted by Gasteiger charge is 2.13. The zero-order chi connectivity index (χ0) is 15.5. The van der Waals surface area contributed by atoms with E-state index in [1.807, 2.05) is 36.4 Å². The van der Waals surface area contributed by atoms with Crippen LogP contribution in [-0.2, 0) is 11.3 Å². The standard InChI is InChI=1S/C16H17N3O2S/c1-10(8-17)15(20)18-9-11-6-7-13(21-11)16-19-12-4-2-3-5-14(12)22-16/h2-7,10H,8-9,17H2,1H3,(H,18,20). The number of carbonyl (C=O) groups is 1. The van der Waals surface area contributed by atoms with Gasteiger partial charge >= 0.3 is 0 Å². The van der Waals surface area contributed by atoms with Gasteiger partial charge in [0.2, 0.25) is 5.91 Å². The number of aromatic nitrogens is 1. The fourth-order valence-electron chi connectivity index (χ4n) is 2.02. The number of nitrogens with zero attached hydrogens (tertiary/aromatic N) is 1. The van der Waals surface area contributed by atoms with Gasteiger partial charge in [-0.25, -0.2) is 4.98 Å². The first-order valence-electron chi connectivity index (χ1n) is 7.10. The third-order valence-corrected chi connectivity index (χ3v) is 4.46. The zero-order valence-corrected chi connectivity index (χ0v) is 13.0. The third kappa shape index (κ3) is 3.03. The normalized spacial score (nSPS) is 12.5. The minimum absolute atomic E-state index is 0.0690. The summed E-state index contributed by atoms with van der Waals surface area (Å²) in [5, 5.41) is 3.65. The van der Waals surface area contributed by atoms with Crippen LogP contribution in [0.3, 0.4) is 0 Å². The Morgan fingerprint density at radius 3 is 2.95 bits per heavy atom. The van der Waals surface area contributed by atoms with Crippen LogP contribution < -0.4 is 11.1 Å². The second-order valence-electron chi connectivity index (χ2n) is 5.11. The van der Waals surface area contributed by atoms with Gasteiger partial charge in [-0.1, -0.05) is 19.1 Å². The minimum atomic E-state index is -0.196. The molecule has 0 fully saturated rings. The fourth-order valence-corrected chi connectivity index (χ4v) is 2.95. The summed E-state index contributed by atoms with van der Waals surface area (Å²) < 4.78 is 6.89. The molecule has 3 N–H and O–H groups in total. The van der Waals surface area contributed by atoms with Gasteiger partial charge in [-0.2, -0.15) is 0 Å². The van der Waals surface area contributed by atoms with Crippen LogP contribution in [0, 0.1) is 5.92 Å². The number of benzene rings is 1.